The summed E-state index contributed by atoms with van der Waals surface area (Å²) in [6.45, 7) is 2.26. The van der Waals surface area contributed by atoms with Gasteiger partial charge in [0.2, 0.25) is 10.0 Å². The van der Waals surface area contributed by atoms with E-state index in [9.17, 15) is 13.2 Å². The third-order valence-electron chi connectivity index (χ3n) is 5.40. The first-order valence-corrected chi connectivity index (χ1v) is 11.7. The largest absolute Gasteiger partial charge is 0.305 e. The van der Waals surface area contributed by atoms with Gasteiger partial charge in [-0.2, -0.15) is 0 Å². The van der Waals surface area contributed by atoms with Gasteiger partial charge in [-0.3, -0.25) is 9.10 Å². The SMILES string of the molecule is C[C@@H]1Cc2ccccc2N1C(=O)c1ccc(CN(c2ccccc2)S(C)(=O)=O)cc1. The Morgan fingerprint density at radius 2 is 1.60 bits per heavy atom. The van der Waals surface area contributed by atoms with Gasteiger partial charge in [0, 0.05) is 17.3 Å². The van der Waals surface area contributed by atoms with Crippen molar-refractivity contribution < 1.29 is 13.2 Å². The number of fused-ring (bicyclic) bond motifs is 1. The van der Waals surface area contributed by atoms with Crippen LogP contribution in [0.1, 0.15) is 28.4 Å². The van der Waals surface area contributed by atoms with E-state index in [-0.39, 0.29) is 18.5 Å². The molecule has 5 nitrogen and oxygen atoms in total. The number of para-hydroxylation sites is 2. The van der Waals surface area contributed by atoms with Crippen LogP contribution in [0.5, 0.6) is 0 Å². The number of hydrogen-bond donors (Lipinski definition) is 0. The number of sulfonamides is 1. The first-order valence-electron chi connectivity index (χ1n) is 9.88. The Morgan fingerprint density at radius 3 is 2.27 bits per heavy atom. The molecule has 0 radical (unpaired) electrons. The van der Waals surface area contributed by atoms with Crippen LogP contribution in [-0.2, 0) is 23.0 Å². The lowest BCUT2D eigenvalue weighted by Crippen LogP contribution is -2.35. The van der Waals surface area contributed by atoms with E-state index in [4.69, 9.17) is 0 Å². The van der Waals surface area contributed by atoms with Gasteiger partial charge in [0.15, 0.2) is 0 Å². The molecule has 0 saturated heterocycles. The zero-order chi connectivity index (χ0) is 21.3. The van der Waals surface area contributed by atoms with Crippen LogP contribution in [0.2, 0.25) is 0 Å². The summed E-state index contributed by atoms with van der Waals surface area (Å²) in [5.41, 5.74) is 4.17. The number of hydrogen-bond acceptors (Lipinski definition) is 3. The molecule has 1 amide bonds. The molecule has 0 fully saturated rings. The predicted octanol–water partition coefficient (Wildman–Crippen LogP) is 4.24. The second-order valence-corrected chi connectivity index (χ2v) is 9.57. The Labute approximate surface area is 177 Å². The average molecular weight is 421 g/mol. The normalized spacial score (nSPS) is 15.7. The van der Waals surface area contributed by atoms with Crippen molar-refractivity contribution in [3.63, 3.8) is 0 Å². The van der Waals surface area contributed by atoms with Crippen LogP contribution in [0.15, 0.2) is 78.9 Å². The number of anilines is 2. The standard InChI is InChI=1S/C24H24N2O3S/c1-18-16-21-8-6-7-11-23(21)26(18)24(27)20-14-12-19(13-15-20)17-25(30(2,28)29)22-9-4-3-5-10-22/h3-15,18H,16-17H2,1-2H3/t18-/m1/s1. The van der Waals surface area contributed by atoms with Crippen molar-refractivity contribution >= 4 is 27.3 Å². The molecule has 1 atom stereocenters. The number of carbonyl (C=O) groups is 1. The summed E-state index contributed by atoms with van der Waals surface area (Å²) in [4.78, 5) is 15.0. The lowest BCUT2D eigenvalue weighted by atomic mass is 10.1. The van der Waals surface area contributed by atoms with Gasteiger partial charge in [-0.15, -0.1) is 0 Å². The van der Waals surface area contributed by atoms with Crippen LogP contribution in [0.3, 0.4) is 0 Å². The third kappa shape index (κ3) is 3.96. The van der Waals surface area contributed by atoms with Gasteiger partial charge >= 0.3 is 0 Å². The number of amides is 1. The molecular weight excluding hydrogens is 396 g/mol. The maximum absolute atomic E-state index is 13.2. The van der Waals surface area contributed by atoms with E-state index in [0.29, 0.717) is 11.3 Å². The summed E-state index contributed by atoms with van der Waals surface area (Å²) in [7, 11) is -3.44. The minimum absolute atomic E-state index is 0.0398. The smallest absolute Gasteiger partial charge is 0.258 e. The van der Waals surface area contributed by atoms with Gasteiger partial charge in [0.1, 0.15) is 0 Å². The van der Waals surface area contributed by atoms with Gasteiger partial charge in [-0.25, -0.2) is 8.42 Å². The van der Waals surface area contributed by atoms with E-state index in [1.54, 1.807) is 24.3 Å². The van der Waals surface area contributed by atoms with E-state index in [2.05, 4.69) is 13.0 Å². The van der Waals surface area contributed by atoms with E-state index in [0.717, 1.165) is 17.7 Å². The van der Waals surface area contributed by atoms with Gasteiger partial charge in [-0.05, 0) is 54.8 Å². The molecule has 0 N–H and O–H groups in total. The molecule has 30 heavy (non-hydrogen) atoms. The Hall–Kier alpha value is -3.12. The Bertz CT molecular complexity index is 1160. The molecule has 1 aliphatic rings. The van der Waals surface area contributed by atoms with Crippen molar-refractivity contribution in [1.82, 2.24) is 0 Å². The highest BCUT2D eigenvalue weighted by Crippen LogP contribution is 2.33. The molecule has 3 aromatic rings. The quantitative estimate of drug-likeness (QED) is 0.620. The molecule has 0 bridgehead atoms. The van der Waals surface area contributed by atoms with Crippen molar-refractivity contribution in [2.45, 2.75) is 25.9 Å². The second kappa shape index (κ2) is 7.95. The highest BCUT2D eigenvalue weighted by Gasteiger charge is 2.31. The van der Waals surface area contributed by atoms with Crippen LogP contribution in [0.25, 0.3) is 0 Å². The average Bonchev–Trinajstić information content (AvgIpc) is 3.07. The van der Waals surface area contributed by atoms with Crippen molar-refractivity contribution in [2.24, 2.45) is 0 Å². The topological polar surface area (TPSA) is 57.7 Å². The highest BCUT2D eigenvalue weighted by molar-refractivity contribution is 7.92. The number of benzene rings is 3. The molecule has 1 heterocycles. The van der Waals surface area contributed by atoms with E-state index in [1.807, 2.05) is 53.4 Å². The number of nitrogens with zero attached hydrogens (tertiary/aromatic N) is 2. The molecule has 1 aliphatic heterocycles. The van der Waals surface area contributed by atoms with Gasteiger partial charge in [-0.1, -0.05) is 48.5 Å². The second-order valence-electron chi connectivity index (χ2n) is 7.66. The van der Waals surface area contributed by atoms with Crippen molar-refractivity contribution in [2.75, 3.05) is 15.5 Å². The van der Waals surface area contributed by atoms with Crippen molar-refractivity contribution in [3.05, 3.63) is 95.6 Å². The van der Waals surface area contributed by atoms with Gasteiger partial charge in [0.05, 0.1) is 18.5 Å². The molecule has 0 aliphatic carbocycles. The van der Waals surface area contributed by atoms with E-state index in [1.165, 1.54) is 16.1 Å². The fourth-order valence-corrected chi connectivity index (χ4v) is 4.82. The zero-order valence-electron chi connectivity index (χ0n) is 17.0. The minimum Gasteiger partial charge on any atom is -0.305 e. The monoisotopic (exact) mass is 420 g/mol. The van der Waals surface area contributed by atoms with E-state index < -0.39 is 10.0 Å². The van der Waals surface area contributed by atoms with E-state index >= 15 is 0 Å². The van der Waals surface area contributed by atoms with Crippen LogP contribution in [0, 0.1) is 0 Å². The molecule has 3 aromatic carbocycles. The fourth-order valence-electron chi connectivity index (χ4n) is 3.93. The molecule has 154 valence electrons. The zero-order valence-corrected chi connectivity index (χ0v) is 17.8. The van der Waals surface area contributed by atoms with Crippen LogP contribution in [-0.4, -0.2) is 26.6 Å². The third-order valence-corrected chi connectivity index (χ3v) is 6.54. The summed E-state index contributed by atoms with van der Waals surface area (Å²) in [5, 5.41) is 0. The maximum Gasteiger partial charge on any atom is 0.258 e. The number of carbonyl (C=O) groups excluding carboxylic acids is 1. The molecular formula is C24H24N2O3S. The Balaban J connectivity index is 1.56. The summed E-state index contributed by atoms with van der Waals surface area (Å²) in [6.07, 6.45) is 2.05. The highest BCUT2D eigenvalue weighted by atomic mass is 32.2. The predicted molar refractivity (Wildman–Crippen MR) is 120 cm³/mol. The molecule has 4 rings (SSSR count). The van der Waals surface area contributed by atoms with Gasteiger partial charge < -0.3 is 4.90 Å². The number of rotatable bonds is 5. The lowest BCUT2D eigenvalue weighted by molar-refractivity contribution is 0.0981. The molecule has 6 heteroatoms. The first-order chi connectivity index (χ1) is 14.3. The first kappa shape index (κ1) is 20.2. The van der Waals surface area contributed by atoms with Gasteiger partial charge in [0.25, 0.3) is 5.91 Å². The summed E-state index contributed by atoms with van der Waals surface area (Å²) >= 11 is 0. The summed E-state index contributed by atoms with van der Waals surface area (Å²) < 4.78 is 26.0. The molecule has 0 saturated carbocycles. The summed E-state index contributed by atoms with van der Waals surface area (Å²) in [6, 6.07) is 24.3. The molecule has 0 aromatic heterocycles. The maximum atomic E-state index is 13.2. The molecule has 0 spiro atoms. The van der Waals surface area contributed by atoms with Crippen LogP contribution in [0.4, 0.5) is 11.4 Å². The van der Waals surface area contributed by atoms with Crippen molar-refractivity contribution in [3.8, 4) is 0 Å². The van der Waals surface area contributed by atoms with Crippen LogP contribution < -0.4 is 9.21 Å². The Morgan fingerprint density at radius 1 is 0.967 bits per heavy atom. The minimum atomic E-state index is -3.44. The lowest BCUT2D eigenvalue weighted by Gasteiger charge is -2.24. The van der Waals surface area contributed by atoms with Crippen LogP contribution >= 0.6 is 0 Å². The molecule has 0 unspecified atom stereocenters. The fraction of sp³-hybridized carbons (Fsp3) is 0.208. The van der Waals surface area contributed by atoms with Crippen molar-refractivity contribution in [1.29, 1.82) is 0 Å². The Kier molecular flexibility index (Phi) is 5.35. The summed E-state index contributed by atoms with van der Waals surface area (Å²) in [5.74, 6) is -0.0398.